The first-order valence-corrected chi connectivity index (χ1v) is 13.0. The van der Waals surface area contributed by atoms with Gasteiger partial charge in [-0.3, -0.25) is 9.78 Å². The highest BCUT2D eigenvalue weighted by molar-refractivity contribution is 5.75. The fourth-order valence-electron chi connectivity index (χ4n) is 6.64. The van der Waals surface area contributed by atoms with Gasteiger partial charge in [0.15, 0.2) is 0 Å². The normalized spacial score (nSPS) is 31.4. The number of allylic oxidation sites excluding steroid dienone is 1. The summed E-state index contributed by atoms with van der Waals surface area (Å²) in [6.07, 6.45) is 9.07. The van der Waals surface area contributed by atoms with Gasteiger partial charge in [0, 0.05) is 23.7 Å². The molecule has 0 radical (unpaired) electrons. The number of hydrogen-bond acceptors (Lipinski definition) is 5. The van der Waals surface area contributed by atoms with Crippen LogP contribution in [0.1, 0.15) is 45.2 Å². The maximum Gasteiger partial charge on any atom is 0.407 e. The maximum absolute atomic E-state index is 13.6. The van der Waals surface area contributed by atoms with Gasteiger partial charge in [-0.1, -0.05) is 24.3 Å². The standard InChI is InChI=1S/C29H33FN2O4/c1-3-35-29(34)32-23-10-11-24-20(14-23)15-26-27(17(2)36-28(26)33)25(24)12-9-22-8-7-19(16-31-22)18-5-4-6-21(30)13-18/h4-9,12-13,16-17,20,23-27H,3,10-11,14-15H2,1-2H3,(H,32,34)/t17-,20-,23+,24-,25+,26-,27-/m0/s1. The molecule has 1 saturated heterocycles. The molecule has 2 heterocycles. The van der Waals surface area contributed by atoms with Gasteiger partial charge in [-0.2, -0.15) is 0 Å². The smallest absolute Gasteiger partial charge is 0.407 e. The molecule has 5 rings (SSSR count). The number of amides is 1. The van der Waals surface area contributed by atoms with Crippen LogP contribution in [0.25, 0.3) is 17.2 Å². The second-order valence-electron chi connectivity index (χ2n) is 10.3. The van der Waals surface area contributed by atoms with E-state index in [1.54, 1.807) is 19.2 Å². The molecule has 36 heavy (non-hydrogen) atoms. The maximum atomic E-state index is 13.6. The van der Waals surface area contributed by atoms with Crippen LogP contribution >= 0.6 is 0 Å². The minimum Gasteiger partial charge on any atom is -0.462 e. The fourth-order valence-corrected chi connectivity index (χ4v) is 6.64. The number of aromatic nitrogens is 1. The Balaban J connectivity index is 1.34. The van der Waals surface area contributed by atoms with Crippen LogP contribution in [0.4, 0.5) is 9.18 Å². The highest BCUT2D eigenvalue weighted by atomic mass is 19.1. The minimum atomic E-state index is -0.368. The number of pyridine rings is 1. The van der Waals surface area contributed by atoms with Gasteiger partial charge < -0.3 is 14.8 Å². The van der Waals surface area contributed by atoms with Crippen molar-refractivity contribution in [3.05, 3.63) is 60.2 Å². The predicted molar refractivity (Wildman–Crippen MR) is 134 cm³/mol. The molecule has 0 unspecified atom stereocenters. The number of carbonyl (C=O) groups excluding carboxylic acids is 2. The molecule has 0 bridgehead atoms. The quantitative estimate of drug-likeness (QED) is 0.548. The first-order valence-electron chi connectivity index (χ1n) is 13.0. The monoisotopic (exact) mass is 492 g/mol. The van der Waals surface area contributed by atoms with Crippen molar-refractivity contribution in [2.75, 3.05) is 6.61 Å². The zero-order valence-corrected chi connectivity index (χ0v) is 20.7. The highest BCUT2D eigenvalue weighted by Gasteiger charge is 2.54. The van der Waals surface area contributed by atoms with Gasteiger partial charge in [-0.05, 0) is 87.1 Å². The summed E-state index contributed by atoms with van der Waals surface area (Å²) in [6, 6.07) is 10.4. The van der Waals surface area contributed by atoms with E-state index in [-0.39, 0.29) is 47.8 Å². The summed E-state index contributed by atoms with van der Waals surface area (Å²) in [5.41, 5.74) is 2.48. The molecule has 6 nitrogen and oxygen atoms in total. The van der Waals surface area contributed by atoms with E-state index in [9.17, 15) is 14.0 Å². The topological polar surface area (TPSA) is 77.5 Å². The molecule has 190 valence electrons. The molecule has 2 aromatic rings. The molecule has 1 aromatic heterocycles. The Morgan fingerprint density at radius 3 is 2.83 bits per heavy atom. The molecule has 1 aliphatic heterocycles. The molecule has 1 aromatic carbocycles. The predicted octanol–water partition coefficient (Wildman–Crippen LogP) is 5.63. The van der Waals surface area contributed by atoms with Crippen LogP contribution < -0.4 is 5.32 Å². The number of rotatable bonds is 5. The lowest BCUT2D eigenvalue weighted by Gasteiger charge is -2.47. The number of nitrogens with one attached hydrogen (secondary N) is 1. The molecule has 1 N–H and O–H groups in total. The number of halogens is 1. The molecule has 7 heteroatoms. The van der Waals surface area contributed by atoms with Crippen LogP contribution in [0, 0.1) is 35.4 Å². The van der Waals surface area contributed by atoms with Crippen LogP contribution in [0.2, 0.25) is 0 Å². The van der Waals surface area contributed by atoms with E-state index in [1.807, 2.05) is 31.2 Å². The van der Waals surface area contributed by atoms with Crippen LogP contribution in [-0.4, -0.2) is 35.8 Å². The number of fused-ring (bicyclic) bond motifs is 2. The van der Waals surface area contributed by atoms with Gasteiger partial charge in [0.05, 0.1) is 18.2 Å². The third-order valence-electron chi connectivity index (χ3n) is 8.18. The summed E-state index contributed by atoms with van der Waals surface area (Å²) in [6.45, 7) is 4.15. The first-order chi connectivity index (χ1) is 17.4. The number of carbonyl (C=O) groups is 2. The van der Waals surface area contributed by atoms with Crippen molar-refractivity contribution >= 4 is 18.1 Å². The molecular formula is C29H33FN2O4. The second kappa shape index (κ2) is 10.4. The summed E-state index contributed by atoms with van der Waals surface area (Å²) < 4.78 is 24.3. The number of ether oxygens (including phenoxy) is 2. The Morgan fingerprint density at radius 2 is 2.08 bits per heavy atom. The average molecular weight is 493 g/mol. The number of cyclic esters (lactones) is 1. The molecule has 3 aliphatic rings. The SMILES string of the molecule is CCOC(=O)N[C@@H]1CC[C@H]2[C@@H](C1)C[C@@H]1C(=O)O[C@@H](C)[C@H]1[C@@H]2C=Cc1ccc(-c2cccc(F)c2)cn1. The lowest BCUT2D eigenvalue weighted by Crippen LogP contribution is -2.48. The van der Waals surface area contributed by atoms with E-state index in [4.69, 9.17) is 9.47 Å². The highest BCUT2D eigenvalue weighted by Crippen LogP contribution is 2.53. The van der Waals surface area contributed by atoms with Crippen molar-refractivity contribution in [1.82, 2.24) is 10.3 Å². The van der Waals surface area contributed by atoms with E-state index < -0.39 is 0 Å². The number of hydrogen-bond donors (Lipinski definition) is 1. The molecule has 7 atom stereocenters. The summed E-state index contributed by atoms with van der Waals surface area (Å²) in [4.78, 5) is 29.2. The Labute approximate surface area is 211 Å². The van der Waals surface area contributed by atoms with Crippen molar-refractivity contribution < 1.29 is 23.5 Å². The summed E-state index contributed by atoms with van der Waals surface area (Å²) in [5, 5.41) is 3.00. The number of esters is 1. The Bertz CT molecular complexity index is 1130. The van der Waals surface area contributed by atoms with Crippen molar-refractivity contribution in [3.8, 4) is 11.1 Å². The van der Waals surface area contributed by atoms with E-state index in [0.29, 0.717) is 18.4 Å². The van der Waals surface area contributed by atoms with Crippen LogP contribution in [-0.2, 0) is 14.3 Å². The van der Waals surface area contributed by atoms with E-state index in [0.717, 1.165) is 42.5 Å². The van der Waals surface area contributed by atoms with Gasteiger partial charge >= 0.3 is 12.1 Å². The fraction of sp³-hybridized carbons (Fsp3) is 0.483. The summed E-state index contributed by atoms with van der Waals surface area (Å²) >= 11 is 0. The van der Waals surface area contributed by atoms with E-state index in [2.05, 4.69) is 16.4 Å². The Morgan fingerprint density at radius 1 is 1.22 bits per heavy atom. The molecule has 0 spiro atoms. The minimum absolute atomic E-state index is 0.0679. The van der Waals surface area contributed by atoms with Crippen molar-refractivity contribution in [2.45, 2.75) is 51.7 Å². The molecular weight excluding hydrogens is 459 g/mol. The lowest BCUT2D eigenvalue weighted by atomic mass is 9.57. The lowest BCUT2D eigenvalue weighted by molar-refractivity contribution is -0.144. The summed E-state index contributed by atoms with van der Waals surface area (Å²) in [7, 11) is 0. The van der Waals surface area contributed by atoms with Gasteiger partial charge in [-0.25, -0.2) is 9.18 Å². The average Bonchev–Trinajstić information content (AvgIpc) is 3.15. The summed E-state index contributed by atoms with van der Waals surface area (Å²) in [5.74, 6) is 0.629. The Hall–Kier alpha value is -3.22. The van der Waals surface area contributed by atoms with Crippen molar-refractivity contribution in [3.63, 3.8) is 0 Å². The van der Waals surface area contributed by atoms with Gasteiger partial charge in [0.1, 0.15) is 11.9 Å². The van der Waals surface area contributed by atoms with Gasteiger partial charge in [0.2, 0.25) is 0 Å². The molecule has 2 saturated carbocycles. The second-order valence-corrected chi connectivity index (χ2v) is 10.3. The number of benzene rings is 1. The van der Waals surface area contributed by atoms with E-state index >= 15 is 0 Å². The van der Waals surface area contributed by atoms with Gasteiger partial charge in [-0.15, -0.1) is 0 Å². The number of nitrogens with zero attached hydrogens (tertiary/aromatic N) is 1. The Kier molecular flexibility index (Phi) is 7.08. The van der Waals surface area contributed by atoms with Crippen LogP contribution in [0.5, 0.6) is 0 Å². The first kappa shape index (κ1) is 24.5. The third-order valence-corrected chi connectivity index (χ3v) is 8.18. The molecule has 1 amide bonds. The third kappa shape index (κ3) is 5.01. The zero-order valence-electron chi connectivity index (χ0n) is 20.7. The molecule has 2 aliphatic carbocycles. The zero-order chi connectivity index (χ0) is 25.2. The van der Waals surface area contributed by atoms with Crippen LogP contribution in [0.3, 0.4) is 0 Å². The van der Waals surface area contributed by atoms with Crippen LogP contribution in [0.15, 0.2) is 48.7 Å². The molecule has 3 fully saturated rings. The van der Waals surface area contributed by atoms with Gasteiger partial charge in [0.25, 0.3) is 0 Å². The van der Waals surface area contributed by atoms with Crippen molar-refractivity contribution in [1.29, 1.82) is 0 Å². The number of alkyl carbamates (subject to hydrolysis) is 1. The van der Waals surface area contributed by atoms with Crippen molar-refractivity contribution in [2.24, 2.45) is 29.6 Å². The largest absolute Gasteiger partial charge is 0.462 e. The van der Waals surface area contributed by atoms with E-state index in [1.165, 1.54) is 12.1 Å².